The van der Waals surface area contributed by atoms with Crippen LogP contribution in [0.5, 0.6) is 5.75 Å². The molecule has 0 radical (unpaired) electrons. The van der Waals surface area contributed by atoms with Gasteiger partial charge in [0, 0.05) is 0 Å². The van der Waals surface area contributed by atoms with Crippen LogP contribution in [0, 0.1) is 5.92 Å². The molecular formula is C26H35NO3. The van der Waals surface area contributed by atoms with E-state index in [1.165, 1.54) is 11.1 Å². The number of para-hydroxylation sites is 1. The number of esters is 1. The predicted molar refractivity (Wildman–Crippen MR) is 121 cm³/mol. The fraction of sp³-hybridized carbons (Fsp3) is 0.500. The van der Waals surface area contributed by atoms with Crippen molar-refractivity contribution >= 4 is 5.97 Å². The third-order valence-corrected chi connectivity index (χ3v) is 5.83. The van der Waals surface area contributed by atoms with E-state index in [1.54, 1.807) is 0 Å². The van der Waals surface area contributed by atoms with Crippen LogP contribution >= 0.6 is 0 Å². The molecule has 0 saturated carbocycles. The Hall–Kier alpha value is -2.33. The summed E-state index contributed by atoms with van der Waals surface area (Å²) in [6.45, 7) is 6.17. The number of hydrogen-bond acceptors (Lipinski definition) is 4. The minimum Gasteiger partial charge on any atom is -0.493 e. The van der Waals surface area contributed by atoms with Gasteiger partial charge in [-0.15, -0.1) is 0 Å². The van der Waals surface area contributed by atoms with Crippen molar-refractivity contribution in [3.63, 3.8) is 0 Å². The highest BCUT2D eigenvalue weighted by Crippen LogP contribution is 2.21. The highest BCUT2D eigenvalue weighted by Gasteiger charge is 2.25. The highest BCUT2D eigenvalue weighted by molar-refractivity contribution is 5.72. The molecule has 0 atom stereocenters. The predicted octanol–water partition coefficient (Wildman–Crippen LogP) is 4.91. The first-order valence-electron chi connectivity index (χ1n) is 11.4. The van der Waals surface area contributed by atoms with Gasteiger partial charge in [0.2, 0.25) is 0 Å². The molecule has 1 fully saturated rings. The molecule has 0 spiro atoms. The normalized spacial score (nSPS) is 15.1. The van der Waals surface area contributed by atoms with Crippen molar-refractivity contribution < 1.29 is 14.3 Å². The van der Waals surface area contributed by atoms with Crippen molar-refractivity contribution in [3.05, 3.63) is 65.7 Å². The minimum atomic E-state index is -0.0171. The van der Waals surface area contributed by atoms with Gasteiger partial charge in [-0.3, -0.25) is 4.79 Å². The molecule has 0 N–H and O–H groups in total. The Morgan fingerprint density at radius 3 is 2.47 bits per heavy atom. The van der Waals surface area contributed by atoms with Crippen LogP contribution in [0.4, 0.5) is 0 Å². The molecule has 0 bridgehead atoms. The Labute approximate surface area is 181 Å². The topological polar surface area (TPSA) is 38.8 Å². The largest absolute Gasteiger partial charge is 0.493 e. The monoisotopic (exact) mass is 409 g/mol. The highest BCUT2D eigenvalue weighted by atomic mass is 16.5. The van der Waals surface area contributed by atoms with Crippen LogP contribution in [0.2, 0.25) is 0 Å². The van der Waals surface area contributed by atoms with E-state index in [0.29, 0.717) is 6.61 Å². The Morgan fingerprint density at radius 2 is 1.70 bits per heavy atom. The van der Waals surface area contributed by atoms with Gasteiger partial charge in [-0.2, -0.15) is 0 Å². The molecule has 0 aromatic heterocycles. The SMILES string of the molecule is CCOC(=O)C1CCN(CCCCOc2ccccc2CCc2ccccc2)CC1. The molecule has 2 aromatic rings. The van der Waals surface area contributed by atoms with Gasteiger partial charge in [-0.25, -0.2) is 0 Å². The zero-order valence-corrected chi connectivity index (χ0v) is 18.2. The quantitative estimate of drug-likeness (QED) is 0.391. The molecule has 1 heterocycles. The van der Waals surface area contributed by atoms with Crippen LogP contribution in [0.1, 0.15) is 43.7 Å². The van der Waals surface area contributed by atoms with Crippen molar-refractivity contribution in [1.29, 1.82) is 0 Å². The van der Waals surface area contributed by atoms with Crippen LogP contribution < -0.4 is 4.74 Å². The van der Waals surface area contributed by atoms with Crippen molar-refractivity contribution in [2.75, 3.05) is 32.8 Å². The summed E-state index contributed by atoms with van der Waals surface area (Å²) >= 11 is 0. The lowest BCUT2D eigenvalue weighted by Crippen LogP contribution is -2.37. The second-order valence-corrected chi connectivity index (χ2v) is 8.02. The maximum absolute atomic E-state index is 11.8. The number of hydrogen-bond donors (Lipinski definition) is 0. The zero-order chi connectivity index (χ0) is 21.0. The van der Waals surface area contributed by atoms with Crippen LogP contribution in [0.15, 0.2) is 54.6 Å². The van der Waals surface area contributed by atoms with Gasteiger partial charge in [0.05, 0.1) is 19.1 Å². The summed E-state index contributed by atoms with van der Waals surface area (Å²) in [4.78, 5) is 14.3. The number of ether oxygens (including phenoxy) is 2. The van der Waals surface area contributed by atoms with Gasteiger partial charge < -0.3 is 14.4 Å². The molecule has 1 saturated heterocycles. The maximum atomic E-state index is 11.8. The fourth-order valence-electron chi connectivity index (χ4n) is 4.05. The fourth-order valence-corrected chi connectivity index (χ4v) is 4.05. The zero-order valence-electron chi connectivity index (χ0n) is 18.2. The van der Waals surface area contributed by atoms with Crippen molar-refractivity contribution in [3.8, 4) is 5.75 Å². The number of rotatable bonds is 11. The second-order valence-electron chi connectivity index (χ2n) is 8.02. The Morgan fingerprint density at radius 1 is 0.967 bits per heavy atom. The first kappa shape index (κ1) is 22.4. The summed E-state index contributed by atoms with van der Waals surface area (Å²) in [5, 5.41) is 0. The van der Waals surface area contributed by atoms with Gasteiger partial charge >= 0.3 is 5.97 Å². The summed E-state index contributed by atoms with van der Waals surface area (Å²) in [7, 11) is 0. The van der Waals surface area contributed by atoms with E-state index in [2.05, 4.69) is 59.5 Å². The molecular weight excluding hydrogens is 374 g/mol. The second kappa shape index (κ2) is 12.4. The molecule has 30 heavy (non-hydrogen) atoms. The first-order chi connectivity index (χ1) is 14.8. The molecule has 3 rings (SSSR count). The number of likely N-dealkylation sites (tertiary alicyclic amines) is 1. The molecule has 162 valence electrons. The summed E-state index contributed by atoms with van der Waals surface area (Å²) in [6.07, 6.45) is 6.04. The summed E-state index contributed by atoms with van der Waals surface area (Å²) < 4.78 is 11.3. The average molecular weight is 410 g/mol. The van der Waals surface area contributed by atoms with Crippen molar-refractivity contribution in [1.82, 2.24) is 4.90 Å². The lowest BCUT2D eigenvalue weighted by Gasteiger charge is -2.30. The molecule has 0 amide bonds. The van der Waals surface area contributed by atoms with E-state index >= 15 is 0 Å². The summed E-state index contributed by atoms with van der Waals surface area (Å²) in [5.41, 5.74) is 2.64. The number of carbonyl (C=O) groups is 1. The van der Waals surface area contributed by atoms with Gasteiger partial charge in [0.15, 0.2) is 0 Å². The number of benzene rings is 2. The smallest absolute Gasteiger partial charge is 0.309 e. The van der Waals surface area contributed by atoms with Crippen LogP contribution in [-0.2, 0) is 22.4 Å². The molecule has 0 unspecified atom stereocenters. The number of unbranched alkanes of at least 4 members (excludes halogenated alkanes) is 1. The first-order valence-corrected chi connectivity index (χ1v) is 11.4. The third-order valence-electron chi connectivity index (χ3n) is 5.83. The number of aryl methyl sites for hydroxylation is 2. The lowest BCUT2D eigenvalue weighted by molar-refractivity contribution is -0.149. The summed E-state index contributed by atoms with van der Waals surface area (Å²) in [6, 6.07) is 19.0. The van der Waals surface area contributed by atoms with E-state index in [9.17, 15) is 4.79 Å². The maximum Gasteiger partial charge on any atom is 0.309 e. The summed E-state index contributed by atoms with van der Waals surface area (Å²) in [5.74, 6) is 1.09. The van der Waals surface area contributed by atoms with Crippen LogP contribution in [0.25, 0.3) is 0 Å². The number of nitrogens with zero attached hydrogens (tertiary/aromatic N) is 1. The number of carbonyl (C=O) groups excluding carboxylic acids is 1. The van der Waals surface area contributed by atoms with E-state index in [-0.39, 0.29) is 11.9 Å². The lowest BCUT2D eigenvalue weighted by atomic mass is 9.97. The minimum absolute atomic E-state index is 0.0171. The number of piperidine rings is 1. The van der Waals surface area contributed by atoms with Crippen molar-refractivity contribution in [2.45, 2.75) is 45.4 Å². The van der Waals surface area contributed by atoms with Gasteiger partial charge in [-0.05, 0) is 82.3 Å². The van der Waals surface area contributed by atoms with Gasteiger partial charge in [0.1, 0.15) is 5.75 Å². The molecule has 0 aliphatic carbocycles. The van der Waals surface area contributed by atoms with E-state index in [1.807, 2.05) is 6.92 Å². The van der Waals surface area contributed by atoms with Crippen molar-refractivity contribution in [2.24, 2.45) is 5.92 Å². The van der Waals surface area contributed by atoms with E-state index in [4.69, 9.17) is 9.47 Å². The molecule has 4 heteroatoms. The van der Waals surface area contributed by atoms with E-state index < -0.39 is 0 Å². The molecule has 1 aliphatic heterocycles. The van der Waals surface area contributed by atoms with Crippen LogP contribution in [-0.4, -0.2) is 43.7 Å². The average Bonchev–Trinajstić information content (AvgIpc) is 2.79. The Bertz CT molecular complexity index is 754. The molecule has 2 aromatic carbocycles. The standard InChI is InChI=1S/C26H35NO3/c1-2-29-26(28)24-16-19-27(20-17-24)18-8-9-21-30-25-13-7-6-12-23(25)15-14-22-10-4-3-5-11-22/h3-7,10-13,24H,2,8-9,14-21H2,1H3. The molecule has 4 nitrogen and oxygen atoms in total. The van der Waals surface area contributed by atoms with Gasteiger partial charge in [-0.1, -0.05) is 48.5 Å². The Kier molecular flexibility index (Phi) is 9.23. The molecule has 1 aliphatic rings. The third kappa shape index (κ3) is 7.17. The van der Waals surface area contributed by atoms with Crippen LogP contribution in [0.3, 0.4) is 0 Å². The Balaban J connectivity index is 1.33. The van der Waals surface area contributed by atoms with Gasteiger partial charge in [0.25, 0.3) is 0 Å². The van der Waals surface area contributed by atoms with E-state index in [0.717, 1.165) is 70.5 Å².